The Morgan fingerprint density at radius 3 is 2.41 bits per heavy atom. The Balaban J connectivity index is 1.46. The summed E-state index contributed by atoms with van der Waals surface area (Å²) < 4.78 is 5.19. The van der Waals surface area contributed by atoms with Crippen LogP contribution in [-0.2, 0) is 25.7 Å². The van der Waals surface area contributed by atoms with Gasteiger partial charge in [0.1, 0.15) is 0 Å². The lowest BCUT2D eigenvalue weighted by atomic mass is 10.1. The fraction of sp³-hybridized carbons (Fsp3) is 0.360. The molecule has 1 aliphatic heterocycles. The number of Topliss-reactive ketones (excluding diaryl/α,β-unsaturated/α-hetero) is 1. The zero-order valence-electron chi connectivity index (χ0n) is 18.4. The van der Waals surface area contributed by atoms with E-state index < -0.39 is 11.9 Å². The maximum atomic E-state index is 12.4. The Hall–Kier alpha value is -3.48. The highest BCUT2D eigenvalue weighted by Gasteiger charge is 2.35. The topological polar surface area (TPSA) is 92.8 Å². The highest BCUT2D eigenvalue weighted by Crippen LogP contribution is 2.21. The van der Waals surface area contributed by atoms with Crippen LogP contribution in [0.5, 0.6) is 0 Å². The van der Waals surface area contributed by atoms with Crippen molar-refractivity contribution in [3.63, 3.8) is 0 Å². The van der Waals surface area contributed by atoms with Crippen LogP contribution >= 0.6 is 0 Å². The first-order chi connectivity index (χ1) is 15.3. The number of esters is 1. The summed E-state index contributed by atoms with van der Waals surface area (Å²) in [6.45, 7) is 4.27. The number of likely N-dealkylation sites (tertiary alicyclic amines) is 1. The number of ether oxygens (including phenoxy) is 1. The molecule has 3 rings (SSSR count). The van der Waals surface area contributed by atoms with Crippen LogP contribution in [0.1, 0.15) is 42.6 Å². The van der Waals surface area contributed by atoms with Crippen LogP contribution < -0.4 is 5.32 Å². The molecule has 2 aromatic carbocycles. The van der Waals surface area contributed by atoms with Crippen molar-refractivity contribution in [1.82, 2.24) is 4.90 Å². The van der Waals surface area contributed by atoms with Crippen LogP contribution in [0.3, 0.4) is 0 Å². The fourth-order valence-electron chi connectivity index (χ4n) is 3.55. The van der Waals surface area contributed by atoms with Gasteiger partial charge >= 0.3 is 5.97 Å². The Labute approximate surface area is 187 Å². The van der Waals surface area contributed by atoms with Gasteiger partial charge in [-0.3, -0.25) is 19.2 Å². The van der Waals surface area contributed by atoms with E-state index in [1.807, 2.05) is 44.2 Å². The van der Waals surface area contributed by atoms with Crippen LogP contribution in [0.15, 0.2) is 54.6 Å². The first-order valence-electron chi connectivity index (χ1n) is 10.7. The van der Waals surface area contributed by atoms with Crippen LogP contribution in [0.2, 0.25) is 0 Å². The highest BCUT2D eigenvalue weighted by molar-refractivity contribution is 5.99. The summed E-state index contributed by atoms with van der Waals surface area (Å²) in [5.41, 5.74) is 1.98. The molecular formula is C25H28N2O5. The van der Waals surface area contributed by atoms with E-state index in [9.17, 15) is 19.2 Å². The van der Waals surface area contributed by atoms with Crippen molar-refractivity contribution in [3.05, 3.63) is 65.7 Å². The molecule has 0 aromatic heterocycles. The van der Waals surface area contributed by atoms with Crippen LogP contribution in [0, 0.1) is 11.8 Å². The summed E-state index contributed by atoms with van der Waals surface area (Å²) in [6, 6.07) is 16.0. The molecule has 7 nitrogen and oxygen atoms in total. The zero-order valence-corrected chi connectivity index (χ0v) is 18.4. The van der Waals surface area contributed by atoms with Gasteiger partial charge in [-0.1, -0.05) is 44.2 Å². The van der Waals surface area contributed by atoms with Gasteiger partial charge in [-0.25, -0.2) is 0 Å². The number of ketones is 1. The Kier molecular flexibility index (Phi) is 7.76. The van der Waals surface area contributed by atoms with Crippen molar-refractivity contribution in [2.45, 2.75) is 33.2 Å². The summed E-state index contributed by atoms with van der Waals surface area (Å²) in [5, 5.41) is 2.78. The number of nitrogens with one attached hydrogen (secondary N) is 1. The number of carbonyl (C=O) groups is 4. The van der Waals surface area contributed by atoms with Gasteiger partial charge in [0.2, 0.25) is 11.8 Å². The lowest BCUT2D eigenvalue weighted by Crippen LogP contribution is -2.27. The smallest absolute Gasteiger partial charge is 0.311 e. The molecule has 0 saturated carbocycles. The fourth-order valence-corrected chi connectivity index (χ4v) is 3.55. The number of nitrogens with zero attached hydrogens (tertiary/aromatic N) is 1. The Morgan fingerprint density at radius 1 is 1.06 bits per heavy atom. The summed E-state index contributed by atoms with van der Waals surface area (Å²) in [6.07, 6.45) is 0.508. The monoisotopic (exact) mass is 436 g/mol. The molecule has 1 N–H and O–H groups in total. The van der Waals surface area contributed by atoms with Gasteiger partial charge in [-0.05, 0) is 35.7 Å². The third kappa shape index (κ3) is 6.51. The molecule has 1 heterocycles. The van der Waals surface area contributed by atoms with E-state index in [-0.39, 0.29) is 43.1 Å². The van der Waals surface area contributed by atoms with E-state index in [0.29, 0.717) is 24.2 Å². The Bertz CT molecular complexity index is 970. The van der Waals surface area contributed by atoms with Crippen molar-refractivity contribution in [2.24, 2.45) is 11.8 Å². The van der Waals surface area contributed by atoms with Crippen molar-refractivity contribution in [2.75, 3.05) is 18.5 Å². The van der Waals surface area contributed by atoms with Gasteiger partial charge in [0, 0.05) is 37.2 Å². The molecule has 168 valence electrons. The molecular weight excluding hydrogens is 408 g/mol. The molecule has 0 spiro atoms. The maximum Gasteiger partial charge on any atom is 0.311 e. The van der Waals surface area contributed by atoms with E-state index in [2.05, 4.69) is 5.32 Å². The van der Waals surface area contributed by atoms with Crippen LogP contribution in [0.4, 0.5) is 5.69 Å². The molecule has 2 amide bonds. The molecule has 2 aromatic rings. The second-order valence-electron chi connectivity index (χ2n) is 8.42. The van der Waals surface area contributed by atoms with Crippen LogP contribution in [0.25, 0.3) is 0 Å². The predicted octanol–water partition coefficient (Wildman–Crippen LogP) is 3.45. The third-order valence-electron chi connectivity index (χ3n) is 5.19. The number of hydrogen-bond acceptors (Lipinski definition) is 5. The first kappa shape index (κ1) is 23.2. The molecule has 1 aliphatic rings. The number of rotatable bonds is 9. The largest absolute Gasteiger partial charge is 0.457 e. The quantitative estimate of drug-likeness (QED) is 0.480. The molecule has 0 unspecified atom stereocenters. The number of hydrogen-bond donors (Lipinski definition) is 1. The number of anilines is 1. The lowest BCUT2D eigenvalue weighted by molar-refractivity contribution is -0.147. The summed E-state index contributed by atoms with van der Waals surface area (Å²) in [5.74, 6) is -1.38. The highest BCUT2D eigenvalue weighted by atomic mass is 16.5. The van der Waals surface area contributed by atoms with Crippen molar-refractivity contribution in [3.8, 4) is 0 Å². The summed E-state index contributed by atoms with van der Waals surface area (Å²) in [4.78, 5) is 50.5. The van der Waals surface area contributed by atoms with E-state index in [4.69, 9.17) is 4.74 Å². The number of amides is 2. The van der Waals surface area contributed by atoms with Gasteiger partial charge in [-0.2, -0.15) is 0 Å². The van der Waals surface area contributed by atoms with E-state index in [1.54, 1.807) is 29.2 Å². The van der Waals surface area contributed by atoms with Crippen molar-refractivity contribution < 1.29 is 23.9 Å². The standard InChI is InChI=1S/C25H28N2O5/c1-17(2)12-23(29)26-21-10-8-19(9-11-21)22(28)16-32-25(31)20-13-24(30)27(15-20)14-18-6-4-3-5-7-18/h3-11,17,20H,12-16H2,1-2H3,(H,26,29)/t20-/m1/s1. The number of benzene rings is 2. The van der Waals surface area contributed by atoms with Gasteiger partial charge in [0.05, 0.1) is 5.92 Å². The minimum atomic E-state index is -0.572. The molecule has 1 fully saturated rings. The normalized spacial score (nSPS) is 15.7. The number of carbonyl (C=O) groups excluding carboxylic acids is 4. The lowest BCUT2D eigenvalue weighted by Gasteiger charge is -2.16. The second kappa shape index (κ2) is 10.7. The maximum absolute atomic E-state index is 12.4. The zero-order chi connectivity index (χ0) is 23.1. The average molecular weight is 437 g/mol. The van der Waals surface area contributed by atoms with Crippen molar-refractivity contribution >= 4 is 29.3 Å². The molecule has 7 heteroatoms. The van der Waals surface area contributed by atoms with Gasteiger partial charge in [-0.15, -0.1) is 0 Å². The minimum Gasteiger partial charge on any atom is -0.457 e. The minimum absolute atomic E-state index is 0.0829. The summed E-state index contributed by atoms with van der Waals surface area (Å²) in [7, 11) is 0. The van der Waals surface area contributed by atoms with Crippen LogP contribution in [-0.4, -0.2) is 41.6 Å². The van der Waals surface area contributed by atoms with Crippen molar-refractivity contribution in [1.29, 1.82) is 0 Å². The molecule has 1 atom stereocenters. The molecule has 0 bridgehead atoms. The first-order valence-corrected chi connectivity index (χ1v) is 10.7. The summed E-state index contributed by atoms with van der Waals surface area (Å²) >= 11 is 0. The average Bonchev–Trinajstić information content (AvgIpc) is 3.12. The molecule has 32 heavy (non-hydrogen) atoms. The SMILES string of the molecule is CC(C)CC(=O)Nc1ccc(C(=O)COC(=O)[C@@H]2CC(=O)N(Cc3ccccc3)C2)cc1. The van der Waals surface area contributed by atoms with E-state index in [0.717, 1.165) is 5.56 Å². The van der Waals surface area contributed by atoms with Gasteiger partial charge < -0.3 is 15.0 Å². The molecule has 0 aliphatic carbocycles. The second-order valence-corrected chi connectivity index (χ2v) is 8.42. The predicted molar refractivity (Wildman–Crippen MR) is 120 cm³/mol. The van der Waals surface area contributed by atoms with E-state index >= 15 is 0 Å². The van der Waals surface area contributed by atoms with Gasteiger partial charge in [0.25, 0.3) is 0 Å². The van der Waals surface area contributed by atoms with Gasteiger partial charge in [0.15, 0.2) is 12.4 Å². The molecule has 0 radical (unpaired) electrons. The molecule has 1 saturated heterocycles. The van der Waals surface area contributed by atoms with E-state index in [1.165, 1.54) is 0 Å². The third-order valence-corrected chi connectivity index (χ3v) is 5.19. The Morgan fingerprint density at radius 2 is 1.75 bits per heavy atom.